The second-order valence-electron chi connectivity index (χ2n) is 2.98. The van der Waals surface area contributed by atoms with Gasteiger partial charge in [0.25, 0.3) is 0 Å². The molecule has 3 N–H and O–H groups in total. The minimum absolute atomic E-state index is 0.365. The van der Waals surface area contributed by atoms with Crippen LogP contribution in [0.15, 0.2) is 24.3 Å². The zero-order valence-electron chi connectivity index (χ0n) is 8.14. The first-order valence-corrected chi connectivity index (χ1v) is 4.27. The molecule has 5 heteroatoms. The Morgan fingerprint density at radius 3 is 2.27 bits per heavy atom. The van der Waals surface area contributed by atoms with E-state index in [0.717, 1.165) is 0 Å². The Hall–Kier alpha value is -1.88. The van der Waals surface area contributed by atoms with Gasteiger partial charge in [0, 0.05) is 6.92 Å². The lowest BCUT2D eigenvalue weighted by atomic mass is 10.1. The number of hydrogen-bond donors (Lipinski definition) is 2. The number of ether oxygens (including phenoxy) is 1. The summed E-state index contributed by atoms with van der Waals surface area (Å²) in [4.78, 5) is 21.2. The highest BCUT2D eigenvalue weighted by atomic mass is 16.5. The quantitative estimate of drug-likeness (QED) is 0.564. The van der Waals surface area contributed by atoms with Gasteiger partial charge in [-0.3, -0.25) is 9.59 Å². The fourth-order valence-electron chi connectivity index (χ4n) is 1.05. The minimum Gasteiger partial charge on any atom is -0.480 e. The van der Waals surface area contributed by atoms with Crippen molar-refractivity contribution in [2.24, 2.45) is 5.73 Å². The molecular formula is C10H11NO4. The predicted octanol–water partition coefficient (Wildman–Crippen LogP) is 0.696. The van der Waals surface area contributed by atoms with E-state index >= 15 is 0 Å². The molecule has 0 aromatic heterocycles. The molecule has 5 nitrogen and oxygen atoms in total. The molecule has 0 aliphatic rings. The number of nitrogens with two attached hydrogens (primary N) is 1. The van der Waals surface area contributed by atoms with Crippen LogP contribution in [0.2, 0.25) is 0 Å². The lowest BCUT2D eigenvalue weighted by molar-refractivity contribution is -0.138. The van der Waals surface area contributed by atoms with E-state index in [1.54, 1.807) is 0 Å². The molecule has 1 atom stereocenters. The Balaban J connectivity index is 2.80. The molecule has 0 bridgehead atoms. The highest BCUT2D eigenvalue weighted by Crippen LogP contribution is 2.16. The van der Waals surface area contributed by atoms with Crippen LogP contribution < -0.4 is 10.5 Å². The Kier molecular flexibility index (Phi) is 3.41. The van der Waals surface area contributed by atoms with Gasteiger partial charge in [0.2, 0.25) is 0 Å². The van der Waals surface area contributed by atoms with Crippen LogP contribution in [-0.2, 0) is 9.59 Å². The Labute approximate surface area is 86.5 Å². The molecular weight excluding hydrogens is 198 g/mol. The van der Waals surface area contributed by atoms with E-state index in [4.69, 9.17) is 15.6 Å². The minimum atomic E-state index is -1.10. The van der Waals surface area contributed by atoms with Gasteiger partial charge in [0.05, 0.1) is 0 Å². The van der Waals surface area contributed by atoms with Crippen LogP contribution in [0.25, 0.3) is 0 Å². The number of carboxylic acid groups (broad SMARTS) is 1. The van der Waals surface area contributed by atoms with Gasteiger partial charge >= 0.3 is 11.9 Å². The Morgan fingerprint density at radius 1 is 1.33 bits per heavy atom. The van der Waals surface area contributed by atoms with Gasteiger partial charge in [-0.2, -0.15) is 0 Å². The van der Waals surface area contributed by atoms with Crippen LogP contribution >= 0.6 is 0 Å². The zero-order valence-corrected chi connectivity index (χ0v) is 8.14. The van der Waals surface area contributed by atoms with Crippen molar-refractivity contribution >= 4 is 11.9 Å². The average molecular weight is 209 g/mol. The molecule has 0 aliphatic carbocycles. The summed E-state index contributed by atoms with van der Waals surface area (Å²) in [5, 5.41) is 8.64. The topological polar surface area (TPSA) is 89.6 Å². The second kappa shape index (κ2) is 4.56. The van der Waals surface area contributed by atoms with E-state index in [1.807, 2.05) is 0 Å². The molecule has 0 unspecified atom stereocenters. The molecule has 0 amide bonds. The summed E-state index contributed by atoms with van der Waals surface area (Å²) < 4.78 is 4.78. The van der Waals surface area contributed by atoms with Crippen molar-refractivity contribution in [2.75, 3.05) is 0 Å². The molecule has 15 heavy (non-hydrogen) atoms. The first-order chi connectivity index (χ1) is 7.00. The fourth-order valence-corrected chi connectivity index (χ4v) is 1.05. The van der Waals surface area contributed by atoms with E-state index in [-0.39, 0.29) is 0 Å². The number of carbonyl (C=O) groups excluding carboxylic acids is 1. The van der Waals surface area contributed by atoms with Crippen LogP contribution in [-0.4, -0.2) is 17.0 Å². The van der Waals surface area contributed by atoms with Crippen LogP contribution in [0, 0.1) is 0 Å². The zero-order chi connectivity index (χ0) is 11.4. The van der Waals surface area contributed by atoms with Gasteiger partial charge in [-0.05, 0) is 17.7 Å². The third-order valence-corrected chi connectivity index (χ3v) is 1.77. The number of carboxylic acids is 1. The van der Waals surface area contributed by atoms with Gasteiger partial charge in [-0.25, -0.2) is 0 Å². The maximum atomic E-state index is 10.6. The third-order valence-electron chi connectivity index (χ3n) is 1.77. The highest BCUT2D eigenvalue weighted by molar-refractivity contribution is 5.75. The first-order valence-electron chi connectivity index (χ1n) is 4.27. The van der Waals surface area contributed by atoms with Crippen molar-refractivity contribution in [3.63, 3.8) is 0 Å². The number of benzene rings is 1. The summed E-state index contributed by atoms with van der Waals surface area (Å²) in [5.74, 6) is -1.16. The molecule has 0 saturated carbocycles. The average Bonchev–Trinajstić information content (AvgIpc) is 2.17. The number of hydrogen-bond acceptors (Lipinski definition) is 4. The van der Waals surface area contributed by atoms with E-state index < -0.39 is 18.0 Å². The largest absolute Gasteiger partial charge is 0.480 e. The van der Waals surface area contributed by atoms with Crippen LogP contribution in [0.3, 0.4) is 0 Å². The Morgan fingerprint density at radius 2 is 1.87 bits per heavy atom. The highest BCUT2D eigenvalue weighted by Gasteiger charge is 2.13. The normalized spacial score (nSPS) is 11.9. The lowest BCUT2D eigenvalue weighted by Gasteiger charge is -2.07. The summed E-state index contributed by atoms with van der Waals surface area (Å²) in [6.45, 7) is 1.29. The van der Waals surface area contributed by atoms with Gasteiger partial charge in [0.1, 0.15) is 11.8 Å². The first kappa shape index (κ1) is 11.2. The summed E-state index contributed by atoms with van der Waals surface area (Å²) in [6, 6.07) is 4.96. The summed E-state index contributed by atoms with van der Waals surface area (Å²) in [5.41, 5.74) is 5.84. The van der Waals surface area contributed by atoms with E-state index in [0.29, 0.717) is 11.3 Å². The molecule has 0 spiro atoms. The predicted molar refractivity (Wildman–Crippen MR) is 52.3 cm³/mol. The SMILES string of the molecule is CC(=O)Oc1ccc([C@@H](N)C(=O)O)cc1. The van der Waals surface area contributed by atoms with Crippen LogP contribution in [0.5, 0.6) is 5.75 Å². The molecule has 0 radical (unpaired) electrons. The van der Waals surface area contributed by atoms with Crippen molar-refractivity contribution in [2.45, 2.75) is 13.0 Å². The van der Waals surface area contributed by atoms with Crippen LogP contribution in [0.4, 0.5) is 0 Å². The molecule has 1 aromatic rings. The number of esters is 1. The number of rotatable bonds is 3. The van der Waals surface area contributed by atoms with Crippen LogP contribution in [0.1, 0.15) is 18.5 Å². The molecule has 0 heterocycles. The standard InChI is InChI=1S/C10H11NO4/c1-6(12)15-8-4-2-7(3-5-8)9(11)10(13)14/h2-5,9H,11H2,1H3,(H,13,14)/t9-/m1/s1. The van der Waals surface area contributed by atoms with E-state index in [1.165, 1.54) is 31.2 Å². The van der Waals surface area contributed by atoms with Gasteiger partial charge < -0.3 is 15.6 Å². The maximum absolute atomic E-state index is 10.6. The van der Waals surface area contributed by atoms with E-state index in [9.17, 15) is 9.59 Å². The van der Waals surface area contributed by atoms with Crippen molar-refractivity contribution in [1.82, 2.24) is 0 Å². The molecule has 0 aliphatic heterocycles. The van der Waals surface area contributed by atoms with Gasteiger partial charge in [-0.15, -0.1) is 0 Å². The van der Waals surface area contributed by atoms with Crippen molar-refractivity contribution < 1.29 is 19.4 Å². The number of aliphatic carboxylic acids is 1. The third kappa shape index (κ3) is 3.07. The molecule has 1 rings (SSSR count). The summed E-state index contributed by atoms with van der Waals surface area (Å²) >= 11 is 0. The molecule has 0 saturated heterocycles. The van der Waals surface area contributed by atoms with Gasteiger partial charge in [0.15, 0.2) is 0 Å². The molecule has 80 valence electrons. The monoisotopic (exact) mass is 209 g/mol. The lowest BCUT2D eigenvalue weighted by Crippen LogP contribution is -2.20. The Bertz CT molecular complexity index is 372. The van der Waals surface area contributed by atoms with Crippen molar-refractivity contribution in [1.29, 1.82) is 0 Å². The second-order valence-corrected chi connectivity index (χ2v) is 2.98. The smallest absolute Gasteiger partial charge is 0.325 e. The van der Waals surface area contributed by atoms with Crippen molar-refractivity contribution in [3.05, 3.63) is 29.8 Å². The fraction of sp³-hybridized carbons (Fsp3) is 0.200. The van der Waals surface area contributed by atoms with Crippen molar-refractivity contribution in [3.8, 4) is 5.75 Å². The summed E-state index contributed by atoms with van der Waals surface area (Å²) in [7, 11) is 0. The molecule has 1 aromatic carbocycles. The number of carbonyl (C=O) groups is 2. The van der Waals surface area contributed by atoms with E-state index in [2.05, 4.69) is 0 Å². The maximum Gasteiger partial charge on any atom is 0.325 e. The summed E-state index contributed by atoms with van der Waals surface area (Å²) in [6.07, 6.45) is 0. The van der Waals surface area contributed by atoms with Gasteiger partial charge in [-0.1, -0.05) is 12.1 Å². The molecule has 0 fully saturated rings.